The van der Waals surface area contributed by atoms with Crippen molar-refractivity contribution in [1.82, 2.24) is 9.03 Å². The molecule has 0 radical (unpaired) electrons. The third-order valence-electron chi connectivity index (χ3n) is 4.70. The molecule has 9 heteroatoms. The maximum Gasteiger partial charge on any atom is 0.243 e. The largest absolute Gasteiger partial charge is 0.497 e. The lowest BCUT2D eigenvalue weighted by Gasteiger charge is -2.19. The van der Waals surface area contributed by atoms with Gasteiger partial charge in [0, 0.05) is 19.1 Å². The zero-order chi connectivity index (χ0) is 21.7. The van der Waals surface area contributed by atoms with Crippen molar-refractivity contribution in [2.24, 2.45) is 0 Å². The molecule has 2 aromatic carbocycles. The first-order valence-corrected chi connectivity index (χ1v) is 12.4. The molecule has 160 valence electrons. The summed E-state index contributed by atoms with van der Waals surface area (Å²) in [6.07, 6.45) is 0.556. The van der Waals surface area contributed by atoms with Crippen LogP contribution in [-0.2, 0) is 20.0 Å². The zero-order valence-corrected chi connectivity index (χ0v) is 18.8. The first-order valence-electron chi connectivity index (χ1n) is 9.46. The van der Waals surface area contributed by atoms with E-state index in [0.717, 1.165) is 5.56 Å². The van der Waals surface area contributed by atoms with E-state index in [1.54, 1.807) is 33.1 Å². The predicted octanol–water partition coefficient (Wildman–Crippen LogP) is 3.16. The molecular weight excluding hydrogens is 412 g/mol. The van der Waals surface area contributed by atoms with Crippen molar-refractivity contribution < 1.29 is 21.6 Å². The van der Waals surface area contributed by atoms with Crippen molar-refractivity contribution >= 4 is 20.0 Å². The lowest BCUT2D eigenvalue weighted by Crippen LogP contribution is -2.31. The first-order chi connectivity index (χ1) is 13.7. The monoisotopic (exact) mass is 440 g/mol. The Balaban J connectivity index is 2.26. The minimum atomic E-state index is -3.82. The summed E-state index contributed by atoms with van der Waals surface area (Å²) in [6, 6.07) is 12.1. The van der Waals surface area contributed by atoms with E-state index in [1.807, 2.05) is 19.1 Å². The quantitative estimate of drug-likeness (QED) is 0.613. The highest BCUT2D eigenvalue weighted by atomic mass is 32.2. The number of sulfonamides is 2. The highest BCUT2D eigenvalue weighted by molar-refractivity contribution is 7.89. The van der Waals surface area contributed by atoms with Crippen LogP contribution in [0, 0.1) is 0 Å². The Labute approximate surface area is 173 Å². The molecule has 2 aromatic rings. The van der Waals surface area contributed by atoms with Gasteiger partial charge in [-0.15, -0.1) is 0 Å². The molecule has 0 heterocycles. The average Bonchev–Trinajstić information content (AvgIpc) is 2.73. The van der Waals surface area contributed by atoms with Gasteiger partial charge < -0.3 is 4.74 Å². The summed E-state index contributed by atoms with van der Waals surface area (Å²) in [5, 5.41) is 0. The number of benzene rings is 2. The summed E-state index contributed by atoms with van der Waals surface area (Å²) in [4.78, 5) is 0.0882. The van der Waals surface area contributed by atoms with Crippen molar-refractivity contribution in [2.75, 3.05) is 20.2 Å². The summed E-state index contributed by atoms with van der Waals surface area (Å²) in [5.74, 6) is 0.691. The lowest BCUT2D eigenvalue weighted by atomic mass is 10.1. The van der Waals surface area contributed by atoms with Gasteiger partial charge in [0.15, 0.2) is 0 Å². The van der Waals surface area contributed by atoms with Crippen molar-refractivity contribution in [1.29, 1.82) is 0 Å². The number of methoxy groups -OCH3 is 1. The van der Waals surface area contributed by atoms with Crippen LogP contribution in [-0.4, -0.2) is 41.3 Å². The molecule has 1 atom stereocenters. The van der Waals surface area contributed by atoms with Crippen molar-refractivity contribution in [3.8, 4) is 5.75 Å². The lowest BCUT2D eigenvalue weighted by molar-refractivity contribution is 0.414. The molecule has 0 aromatic heterocycles. The molecular formula is C20H28N2O5S2. The standard InChI is InChI=1S/C20H28N2O5S2/c1-5-20(16-8-10-17(27-4)11-9-16)21-28(23,24)18-12-14-19(15-13-18)29(25,26)22(6-2)7-3/h8-15,20-21H,5-7H2,1-4H3. The number of hydrogen-bond donors (Lipinski definition) is 1. The minimum absolute atomic E-state index is 0.0166. The third kappa shape index (κ3) is 5.36. The summed E-state index contributed by atoms with van der Waals surface area (Å²) < 4.78 is 59.9. The van der Waals surface area contributed by atoms with Crippen LogP contribution in [0.5, 0.6) is 5.75 Å². The van der Waals surface area contributed by atoms with Crippen molar-refractivity contribution in [3.05, 3.63) is 54.1 Å². The van der Waals surface area contributed by atoms with Gasteiger partial charge in [-0.05, 0) is 48.4 Å². The van der Waals surface area contributed by atoms with Crippen LogP contribution in [0.3, 0.4) is 0 Å². The molecule has 0 spiro atoms. The van der Waals surface area contributed by atoms with Crippen molar-refractivity contribution in [3.63, 3.8) is 0 Å². The van der Waals surface area contributed by atoms with Gasteiger partial charge >= 0.3 is 0 Å². The minimum Gasteiger partial charge on any atom is -0.497 e. The Hall–Kier alpha value is -1.94. The SMILES string of the molecule is CCC(NS(=O)(=O)c1ccc(S(=O)(=O)N(CC)CC)cc1)c1ccc(OC)cc1. The highest BCUT2D eigenvalue weighted by Crippen LogP contribution is 2.24. The van der Waals surface area contributed by atoms with Gasteiger partial charge in [0.1, 0.15) is 5.75 Å². The van der Waals surface area contributed by atoms with Gasteiger partial charge in [-0.25, -0.2) is 21.6 Å². The number of hydrogen-bond acceptors (Lipinski definition) is 5. The fraction of sp³-hybridized carbons (Fsp3) is 0.400. The second kappa shape index (κ2) is 9.71. The van der Waals surface area contributed by atoms with E-state index >= 15 is 0 Å². The molecule has 2 rings (SSSR count). The van der Waals surface area contributed by atoms with Crippen LogP contribution < -0.4 is 9.46 Å². The van der Waals surface area contributed by atoms with Crippen LogP contribution in [0.1, 0.15) is 38.8 Å². The molecule has 0 aliphatic rings. The van der Waals surface area contributed by atoms with E-state index in [-0.39, 0.29) is 9.79 Å². The molecule has 0 bridgehead atoms. The van der Waals surface area contributed by atoms with Crippen LogP contribution in [0.25, 0.3) is 0 Å². The molecule has 7 nitrogen and oxygen atoms in total. The second-order valence-electron chi connectivity index (χ2n) is 6.42. The number of nitrogens with one attached hydrogen (secondary N) is 1. The molecule has 0 amide bonds. The summed E-state index contributed by atoms with van der Waals surface area (Å²) in [7, 11) is -5.88. The fourth-order valence-corrected chi connectivity index (χ4v) is 5.75. The summed E-state index contributed by atoms with van der Waals surface area (Å²) in [6.45, 7) is 6.10. The maximum atomic E-state index is 12.8. The van der Waals surface area contributed by atoms with Crippen LogP contribution >= 0.6 is 0 Å². The zero-order valence-electron chi connectivity index (χ0n) is 17.1. The molecule has 29 heavy (non-hydrogen) atoms. The smallest absolute Gasteiger partial charge is 0.243 e. The van der Waals surface area contributed by atoms with E-state index in [4.69, 9.17) is 4.74 Å². The van der Waals surface area contributed by atoms with E-state index in [1.165, 1.54) is 28.6 Å². The van der Waals surface area contributed by atoms with Gasteiger partial charge in [-0.1, -0.05) is 32.9 Å². The van der Waals surface area contributed by atoms with Gasteiger partial charge in [0.25, 0.3) is 0 Å². The maximum absolute atomic E-state index is 12.8. The Bertz CT molecular complexity index is 998. The van der Waals surface area contributed by atoms with Gasteiger partial charge in [-0.2, -0.15) is 4.31 Å². The molecule has 0 fully saturated rings. The first kappa shape index (κ1) is 23.3. The molecule has 0 aliphatic carbocycles. The Kier molecular flexibility index (Phi) is 7.81. The third-order valence-corrected chi connectivity index (χ3v) is 8.25. The molecule has 0 aliphatic heterocycles. The molecule has 1 N–H and O–H groups in total. The molecule has 1 unspecified atom stereocenters. The van der Waals surface area contributed by atoms with Crippen molar-refractivity contribution in [2.45, 2.75) is 43.0 Å². The topological polar surface area (TPSA) is 92.8 Å². The van der Waals surface area contributed by atoms with E-state index < -0.39 is 26.1 Å². The Morgan fingerprint density at radius 2 is 1.38 bits per heavy atom. The molecule has 0 saturated carbocycles. The summed E-state index contributed by atoms with van der Waals surface area (Å²) >= 11 is 0. The molecule has 0 saturated heterocycles. The van der Waals surface area contributed by atoms with Gasteiger partial charge in [-0.3, -0.25) is 0 Å². The highest BCUT2D eigenvalue weighted by Gasteiger charge is 2.24. The normalized spacial score (nSPS) is 13.4. The average molecular weight is 441 g/mol. The Morgan fingerprint density at radius 1 is 0.862 bits per heavy atom. The van der Waals surface area contributed by atoms with Gasteiger partial charge in [0.2, 0.25) is 20.0 Å². The predicted molar refractivity (Wildman–Crippen MR) is 113 cm³/mol. The summed E-state index contributed by atoms with van der Waals surface area (Å²) in [5.41, 5.74) is 0.817. The van der Waals surface area contributed by atoms with Crippen LogP contribution in [0.15, 0.2) is 58.3 Å². The second-order valence-corrected chi connectivity index (χ2v) is 10.1. The Morgan fingerprint density at radius 3 is 1.83 bits per heavy atom. The number of rotatable bonds is 10. The fourth-order valence-electron chi connectivity index (χ4n) is 2.98. The van der Waals surface area contributed by atoms with Crippen LogP contribution in [0.2, 0.25) is 0 Å². The van der Waals surface area contributed by atoms with Crippen LogP contribution in [0.4, 0.5) is 0 Å². The van der Waals surface area contributed by atoms with E-state index in [2.05, 4.69) is 4.72 Å². The van der Waals surface area contributed by atoms with Gasteiger partial charge in [0.05, 0.1) is 16.9 Å². The van der Waals surface area contributed by atoms with E-state index in [9.17, 15) is 16.8 Å². The number of ether oxygens (including phenoxy) is 1. The van der Waals surface area contributed by atoms with E-state index in [0.29, 0.717) is 25.3 Å². The number of nitrogens with zero attached hydrogens (tertiary/aromatic N) is 1.